The van der Waals surface area contributed by atoms with E-state index in [1.807, 2.05) is 0 Å². The van der Waals surface area contributed by atoms with Crippen LogP contribution < -0.4 is 20.1 Å². The molecule has 1 aromatic heterocycles. The number of amides is 2. The number of nitrogens with one attached hydrogen (secondary N) is 2. The van der Waals surface area contributed by atoms with Crippen LogP contribution in [0.15, 0.2) is 42.5 Å². The van der Waals surface area contributed by atoms with Crippen molar-refractivity contribution in [3.63, 3.8) is 0 Å². The number of anilines is 1. The van der Waals surface area contributed by atoms with Gasteiger partial charge >= 0.3 is 6.61 Å². The minimum atomic E-state index is -2.99. The summed E-state index contributed by atoms with van der Waals surface area (Å²) in [5.74, 6) is -0.528. The highest BCUT2D eigenvalue weighted by Crippen LogP contribution is 2.29. The van der Waals surface area contributed by atoms with Crippen LogP contribution in [0, 0.1) is 0 Å². The van der Waals surface area contributed by atoms with Crippen molar-refractivity contribution in [1.29, 1.82) is 0 Å². The van der Waals surface area contributed by atoms with E-state index in [9.17, 15) is 18.4 Å². The third kappa shape index (κ3) is 4.92. The molecule has 0 bridgehead atoms. The van der Waals surface area contributed by atoms with E-state index in [0.29, 0.717) is 16.4 Å². The lowest BCUT2D eigenvalue weighted by Crippen LogP contribution is -2.32. The van der Waals surface area contributed by atoms with Crippen LogP contribution in [0.3, 0.4) is 0 Å². The molecular formula is C18H15F2N3O4S. The van der Waals surface area contributed by atoms with Crippen molar-refractivity contribution in [3.05, 3.63) is 48.0 Å². The highest BCUT2D eigenvalue weighted by atomic mass is 32.1. The third-order valence-electron chi connectivity index (χ3n) is 3.57. The molecule has 0 aliphatic heterocycles. The van der Waals surface area contributed by atoms with E-state index in [1.165, 1.54) is 35.6 Å². The number of hydrogen-bond acceptors (Lipinski definition) is 6. The molecule has 3 aromatic rings. The number of hydrogen-bond donors (Lipinski definition) is 2. The Balaban J connectivity index is 1.57. The standard InChI is InChI=1S/C18H15F2N3O4S/c1-26-11-5-6-13-14(8-11)28-18(22-13)23-15(24)9-21-16(25)10-3-2-4-12(7-10)27-17(19)20/h2-8,17H,9H2,1H3,(H,21,25)(H,22,23,24). The summed E-state index contributed by atoms with van der Waals surface area (Å²) < 4.78 is 34.7. The lowest BCUT2D eigenvalue weighted by molar-refractivity contribution is -0.115. The van der Waals surface area contributed by atoms with E-state index in [1.54, 1.807) is 25.3 Å². The molecule has 0 saturated heterocycles. The van der Waals surface area contributed by atoms with Crippen LogP contribution in [-0.4, -0.2) is 37.1 Å². The summed E-state index contributed by atoms with van der Waals surface area (Å²) >= 11 is 1.27. The molecule has 0 unspecified atom stereocenters. The number of carbonyl (C=O) groups is 2. The first kappa shape index (κ1) is 19.5. The number of rotatable bonds is 7. The Bertz CT molecular complexity index is 1010. The fourth-order valence-electron chi connectivity index (χ4n) is 2.32. The molecule has 0 spiro atoms. The average Bonchev–Trinajstić information content (AvgIpc) is 3.06. The summed E-state index contributed by atoms with van der Waals surface area (Å²) in [6, 6.07) is 10.6. The van der Waals surface area contributed by atoms with E-state index in [2.05, 4.69) is 20.4 Å². The topological polar surface area (TPSA) is 89.5 Å². The normalized spacial score (nSPS) is 10.7. The second kappa shape index (κ2) is 8.61. The SMILES string of the molecule is COc1ccc2nc(NC(=O)CNC(=O)c3cccc(OC(F)F)c3)sc2c1. The Morgan fingerprint density at radius 3 is 2.75 bits per heavy atom. The molecule has 2 N–H and O–H groups in total. The molecule has 0 aliphatic rings. The fourth-order valence-corrected chi connectivity index (χ4v) is 3.24. The number of thiazole rings is 1. The van der Waals surface area contributed by atoms with Gasteiger partial charge in [0.1, 0.15) is 11.5 Å². The van der Waals surface area contributed by atoms with Gasteiger partial charge in [-0.05, 0) is 36.4 Å². The second-order valence-electron chi connectivity index (χ2n) is 5.49. The van der Waals surface area contributed by atoms with Crippen LogP contribution in [0.5, 0.6) is 11.5 Å². The molecule has 3 rings (SSSR count). The molecule has 0 saturated carbocycles. The Labute approximate surface area is 162 Å². The van der Waals surface area contributed by atoms with Gasteiger partial charge in [-0.3, -0.25) is 9.59 Å². The zero-order chi connectivity index (χ0) is 20.1. The van der Waals surface area contributed by atoms with Gasteiger partial charge in [-0.1, -0.05) is 17.4 Å². The van der Waals surface area contributed by atoms with Gasteiger partial charge in [0.05, 0.1) is 23.9 Å². The molecule has 0 fully saturated rings. The summed E-state index contributed by atoms with van der Waals surface area (Å²) in [7, 11) is 1.56. The number of ether oxygens (including phenoxy) is 2. The van der Waals surface area contributed by atoms with Crippen LogP contribution in [0.2, 0.25) is 0 Å². The van der Waals surface area contributed by atoms with E-state index in [-0.39, 0.29) is 17.9 Å². The number of alkyl halides is 2. The van der Waals surface area contributed by atoms with Crippen molar-refractivity contribution < 1.29 is 27.8 Å². The van der Waals surface area contributed by atoms with Crippen molar-refractivity contribution in [3.8, 4) is 11.5 Å². The highest BCUT2D eigenvalue weighted by molar-refractivity contribution is 7.22. The molecule has 1 heterocycles. The average molecular weight is 407 g/mol. The fraction of sp³-hybridized carbons (Fsp3) is 0.167. The number of methoxy groups -OCH3 is 1. The zero-order valence-corrected chi connectivity index (χ0v) is 15.4. The van der Waals surface area contributed by atoms with Gasteiger partial charge < -0.3 is 20.1 Å². The summed E-state index contributed by atoms with van der Waals surface area (Å²) in [6.07, 6.45) is 0. The summed E-state index contributed by atoms with van der Waals surface area (Å²) in [5, 5.41) is 5.40. The maximum absolute atomic E-state index is 12.2. The number of fused-ring (bicyclic) bond motifs is 1. The van der Waals surface area contributed by atoms with Gasteiger partial charge in [0.2, 0.25) is 5.91 Å². The smallest absolute Gasteiger partial charge is 0.387 e. The first-order valence-electron chi connectivity index (χ1n) is 8.02. The lowest BCUT2D eigenvalue weighted by Gasteiger charge is -2.07. The molecule has 0 aliphatic carbocycles. The molecule has 146 valence electrons. The Hall–Kier alpha value is -3.27. The van der Waals surface area contributed by atoms with Crippen molar-refractivity contribution in [2.75, 3.05) is 19.0 Å². The Morgan fingerprint density at radius 2 is 2.00 bits per heavy atom. The van der Waals surface area contributed by atoms with E-state index in [0.717, 1.165) is 4.70 Å². The van der Waals surface area contributed by atoms with Crippen LogP contribution in [0.4, 0.5) is 13.9 Å². The van der Waals surface area contributed by atoms with E-state index < -0.39 is 18.4 Å². The molecule has 2 amide bonds. The van der Waals surface area contributed by atoms with Gasteiger partial charge in [0.25, 0.3) is 5.91 Å². The summed E-state index contributed by atoms with van der Waals surface area (Å²) in [4.78, 5) is 28.4. The van der Waals surface area contributed by atoms with Crippen LogP contribution in [0.1, 0.15) is 10.4 Å². The summed E-state index contributed by atoms with van der Waals surface area (Å²) in [5.41, 5.74) is 0.805. The van der Waals surface area contributed by atoms with Crippen molar-refractivity contribution >= 4 is 38.5 Å². The lowest BCUT2D eigenvalue weighted by atomic mass is 10.2. The van der Waals surface area contributed by atoms with E-state index in [4.69, 9.17) is 4.74 Å². The minimum absolute atomic E-state index is 0.0954. The van der Waals surface area contributed by atoms with Gasteiger partial charge in [-0.25, -0.2) is 4.98 Å². The second-order valence-corrected chi connectivity index (χ2v) is 6.52. The van der Waals surface area contributed by atoms with E-state index >= 15 is 0 Å². The first-order chi connectivity index (χ1) is 13.4. The predicted molar refractivity (Wildman–Crippen MR) is 100 cm³/mol. The zero-order valence-electron chi connectivity index (χ0n) is 14.6. The van der Waals surface area contributed by atoms with Crippen molar-refractivity contribution in [2.45, 2.75) is 6.61 Å². The minimum Gasteiger partial charge on any atom is -0.497 e. The molecule has 10 heteroatoms. The predicted octanol–water partition coefficient (Wildman–Crippen LogP) is 3.27. The van der Waals surface area contributed by atoms with Gasteiger partial charge in [0, 0.05) is 5.56 Å². The maximum Gasteiger partial charge on any atom is 0.387 e. The molecule has 28 heavy (non-hydrogen) atoms. The van der Waals surface area contributed by atoms with Gasteiger partial charge in [-0.2, -0.15) is 8.78 Å². The Kier molecular flexibility index (Phi) is 5.99. The molecule has 0 radical (unpaired) electrons. The number of halogens is 2. The van der Waals surface area contributed by atoms with Gasteiger partial charge in [0.15, 0.2) is 5.13 Å². The molecular weight excluding hydrogens is 392 g/mol. The number of benzene rings is 2. The number of aromatic nitrogens is 1. The van der Waals surface area contributed by atoms with Crippen molar-refractivity contribution in [1.82, 2.24) is 10.3 Å². The van der Waals surface area contributed by atoms with Gasteiger partial charge in [-0.15, -0.1) is 0 Å². The molecule has 2 aromatic carbocycles. The first-order valence-corrected chi connectivity index (χ1v) is 8.84. The molecule has 7 nitrogen and oxygen atoms in total. The highest BCUT2D eigenvalue weighted by Gasteiger charge is 2.12. The van der Waals surface area contributed by atoms with Crippen LogP contribution in [-0.2, 0) is 4.79 Å². The summed E-state index contributed by atoms with van der Waals surface area (Å²) in [6.45, 7) is -3.30. The quantitative estimate of drug-likeness (QED) is 0.628. The Morgan fingerprint density at radius 1 is 1.18 bits per heavy atom. The van der Waals surface area contributed by atoms with Crippen LogP contribution >= 0.6 is 11.3 Å². The largest absolute Gasteiger partial charge is 0.497 e. The van der Waals surface area contributed by atoms with Crippen molar-refractivity contribution in [2.24, 2.45) is 0 Å². The third-order valence-corrected chi connectivity index (χ3v) is 4.51. The molecule has 0 atom stereocenters. The van der Waals surface area contributed by atoms with Crippen LogP contribution in [0.25, 0.3) is 10.2 Å². The maximum atomic E-state index is 12.2. The number of nitrogens with zero attached hydrogens (tertiary/aromatic N) is 1. The monoisotopic (exact) mass is 407 g/mol. The number of carbonyl (C=O) groups excluding carboxylic acids is 2.